The molecule has 1 aliphatic carbocycles. The van der Waals surface area contributed by atoms with Crippen molar-refractivity contribution >= 4 is 29.7 Å². The lowest BCUT2D eigenvalue weighted by molar-refractivity contribution is -0.134. The fourth-order valence-corrected chi connectivity index (χ4v) is 4.33. The van der Waals surface area contributed by atoms with E-state index in [1.54, 1.807) is 0 Å². The average molecular weight is 412 g/mol. The van der Waals surface area contributed by atoms with Gasteiger partial charge in [-0.2, -0.15) is 5.01 Å². The zero-order chi connectivity index (χ0) is 21.5. The van der Waals surface area contributed by atoms with Crippen molar-refractivity contribution in [2.24, 2.45) is 0 Å². The molecule has 1 saturated heterocycles. The van der Waals surface area contributed by atoms with Gasteiger partial charge in [-0.1, -0.05) is 32.6 Å². The van der Waals surface area contributed by atoms with E-state index in [0.29, 0.717) is 25.8 Å². The Hall–Kier alpha value is -3.23. The first-order valence-electron chi connectivity index (χ1n) is 10.4. The lowest BCUT2D eigenvalue weighted by Gasteiger charge is -2.30. The van der Waals surface area contributed by atoms with Gasteiger partial charge in [0.1, 0.15) is 5.54 Å². The van der Waals surface area contributed by atoms with Crippen molar-refractivity contribution in [2.75, 3.05) is 6.54 Å². The number of carbonyl (C=O) groups is 5. The summed E-state index contributed by atoms with van der Waals surface area (Å²) in [5.41, 5.74) is 1.92. The normalized spacial score (nSPS) is 20.0. The van der Waals surface area contributed by atoms with Crippen molar-refractivity contribution in [1.82, 2.24) is 20.7 Å². The number of rotatable bonds is 5. The summed E-state index contributed by atoms with van der Waals surface area (Å²) in [4.78, 5) is 64.0. The van der Waals surface area contributed by atoms with Crippen LogP contribution in [-0.2, 0) is 4.79 Å². The van der Waals surface area contributed by atoms with Gasteiger partial charge in [-0.3, -0.25) is 29.5 Å². The number of carbonyl (C=O) groups excluding carboxylic acids is 5. The Kier molecular flexibility index (Phi) is 5.05. The maximum atomic E-state index is 12.8. The molecule has 9 heteroatoms. The van der Waals surface area contributed by atoms with E-state index in [1.807, 2.05) is 6.92 Å². The molecule has 3 aliphatic rings. The zero-order valence-corrected chi connectivity index (χ0v) is 16.8. The number of amides is 6. The molecule has 1 aromatic rings. The van der Waals surface area contributed by atoms with Crippen molar-refractivity contribution in [3.63, 3.8) is 0 Å². The molecule has 1 aromatic carbocycles. The predicted octanol–water partition coefficient (Wildman–Crippen LogP) is 1.98. The topological polar surface area (TPSA) is 116 Å². The summed E-state index contributed by atoms with van der Waals surface area (Å²) in [5.74, 6) is -1.96. The van der Waals surface area contributed by atoms with Crippen LogP contribution in [0.5, 0.6) is 0 Å². The highest BCUT2D eigenvalue weighted by atomic mass is 16.2. The highest BCUT2D eigenvalue weighted by molar-refractivity contribution is 6.22. The second-order valence-corrected chi connectivity index (χ2v) is 8.03. The zero-order valence-electron chi connectivity index (χ0n) is 16.8. The number of benzene rings is 1. The molecular formula is C21H24N4O5. The third kappa shape index (κ3) is 3.14. The van der Waals surface area contributed by atoms with Gasteiger partial charge in [0.15, 0.2) is 0 Å². The van der Waals surface area contributed by atoms with Crippen molar-refractivity contribution in [3.8, 4) is 0 Å². The minimum atomic E-state index is -0.942. The van der Waals surface area contributed by atoms with E-state index in [-0.39, 0.29) is 22.6 Å². The number of nitrogens with zero attached hydrogens (tertiary/aromatic N) is 2. The molecule has 2 aliphatic heterocycles. The van der Waals surface area contributed by atoms with Crippen LogP contribution in [-0.4, -0.2) is 51.7 Å². The van der Waals surface area contributed by atoms with Crippen LogP contribution in [0.25, 0.3) is 0 Å². The first-order valence-corrected chi connectivity index (χ1v) is 10.4. The molecule has 2 fully saturated rings. The fraction of sp³-hybridized carbons (Fsp3) is 0.476. The molecule has 0 bridgehead atoms. The van der Waals surface area contributed by atoms with Gasteiger partial charge in [0, 0.05) is 12.1 Å². The predicted molar refractivity (Wildman–Crippen MR) is 105 cm³/mol. The van der Waals surface area contributed by atoms with E-state index in [0.717, 1.165) is 30.7 Å². The van der Waals surface area contributed by atoms with Crippen LogP contribution in [0.1, 0.15) is 82.9 Å². The molecule has 158 valence electrons. The maximum absolute atomic E-state index is 12.8. The monoisotopic (exact) mass is 412 g/mol. The van der Waals surface area contributed by atoms with Crippen LogP contribution < -0.4 is 10.7 Å². The number of unbranched alkanes of at least 4 members (excludes halogenated alkanes) is 1. The van der Waals surface area contributed by atoms with Gasteiger partial charge in [0.25, 0.3) is 23.6 Å². The third-order valence-corrected chi connectivity index (χ3v) is 6.05. The van der Waals surface area contributed by atoms with Crippen LogP contribution >= 0.6 is 0 Å². The molecule has 1 spiro atoms. The van der Waals surface area contributed by atoms with Gasteiger partial charge in [-0.05, 0) is 37.5 Å². The van der Waals surface area contributed by atoms with E-state index < -0.39 is 29.3 Å². The Labute approximate surface area is 173 Å². The Morgan fingerprint density at radius 2 is 1.77 bits per heavy atom. The van der Waals surface area contributed by atoms with E-state index >= 15 is 0 Å². The largest absolute Gasteiger partial charge is 0.344 e. The number of hydrazine groups is 1. The Bertz CT molecular complexity index is 951. The van der Waals surface area contributed by atoms with Crippen molar-refractivity contribution in [3.05, 3.63) is 34.9 Å². The summed E-state index contributed by atoms with van der Waals surface area (Å²) in [7, 11) is 0. The van der Waals surface area contributed by atoms with Crippen molar-refractivity contribution in [1.29, 1.82) is 0 Å². The molecule has 0 radical (unpaired) electrons. The van der Waals surface area contributed by atoms with Crippen LogP contribution in [0, 0.1) is 0 Å². The van der Waals surface area contributed by atoms with E-state index in [1.165, 1.54) is 23.1 Å². The Morgan fingerprint density at radius 1 is 1.07 bits per heavy atom. The standard InChI is InChI=1S/C21H24N4O5/c1-2-3-11-24-17(27)14-8-7-13(12-15(14)18(24)28)16(26)23-25-19(29)21(22-20(25)30)9-5-4-6-10-21/h7-8,12H,2-6,9-11H2,1H3,(H,22,30)(H,23,26). The number of fused-ring (bicyclic) bond motifs is 1. The second-order valence-electron chi connectivity index (χ2n) is 8.03. The minimum Gasteiger partial charge on any atom is -0.322 e. The third-order valence-electron chi connectivity index (χ3n) is 6.05. The van der Waals surface area contributed by atoms with Crippen LogP contribution in [0.3, 0.4) is 0 Å². The van der Waals surface area contributed by atoms with Gasteiger partial charge in [0.2, 0.25) is 0 Å². The summed E-state index contributed by atoms with van der Waals surface area (Å²) >= 11 is 0. The molecular weight excluding hydrogens is 388 g/mol. The van der Waals surface area contributed by atoms with Crippen molar-refractivity contribution < 1.29 is 24.0 Å². The van der Waals surface area contributed by atoms with E-state index in [4.69, 9.17) is 0 Å². The summed E-state index contributed by atoms with van der Waals surface area (Å²) in [6, 6.07) is 3.53. The minimum absolute atomic E-state index is 0.0948. The summed E-state index contributed by atoms with van der Waals surface area (Å²) in [5, 5.41) is 3.45. The molecule has 4 rings (SSSR count). The van der Waals surface area contributed by atoms with Gasteiger partial charge in [-0.15, -0.1) is 0 Å². The number of urea groups is 1. The fourth-order valence-electron chi connectivity index (χ4n) is 4.33. The smallest absolute Gasteiger partial charge is 0.322 e. The second kappa shape index (κ2) is 7.55. The molecule has 0 aromatic heterocycles. The van der Waals surface area contributed by atoms with Gasteiger partial charge in [0.05, 0.1) is 11.1 Å². The maximum Gasteiger partial charge on any atom is 0.344 e. The Morgan fingerprint density at radius 3 is 2.47 bits per heavy atom. The van der Waals surface area contributed by atoms with Crippen LogP contribution in [0.15, 0.2) is 18.2 Å². The van der Waals surface area contributed by atoms with Crippen LogP contribution in [0.2, 0.25) is 0 Å². The average Bonchev–Trinajstić information content (AvgIpc) is 3.11. The highest BCUT2D eigenvalue weighted by Crippen LogP contribution is 2.33. The number of nitrogens with one attached hydrogen (secondary N) is 2. The lowest BCUT2D eigenvalue weighted by Crippen LogP contribution is -2.50. The lowest BCUT2D eigenvalue weighted by atomic mass is 9.82. The highest BCUT2D eigenvalue weighted by Gasteiger charge is 2.52. The van der Waals surface area contributed by atoms with Gasteiger partial charge in [-0.25, -0.2) is 4.79 Å². The first-order chi connectivity index (χ1) is 14.4. The number of hydrogen-bond acceptors (Lipinski definition) is 5. The molecule has 6 amide bonds. The molecule has 1 saturated carbocycles. The Balaban J connectivity index is 1.51. The summed E-state index contributed by atoms with van der Waals surface area (Å²) in [6.07, 6.45) is 5.32. The van der Waals surface area contributed by atoms with Gasteiger partial charge < -0.3 is 5.32 Å². The number of imide groups is 2. The summed E-state index contributed by atoms with van der Waals surface area (Å²) < 4.78 is 0. The molecule has 2 N–H and O–H groups in total. The quantitative estimate of drug-likeness (QED) is 0.567. The first kappa shape index (κ1) is 20.1. The van der Waals surface area contributed by atoms with Crippen molar-refractivity contribution in [2.45, 2.75) is 57.4 Å². The number of hydrogen-bond donors (Lipinski definition) is 2. The van der Waals surface area contributed by atoms with Crippen LogP contribution in [0.4, 0.5) is 4.79 Å². The SMILES string of the molecule is CCCCN1C(=O)c2ccc(C(=O)NN3C(=O)NC4(CCCCC4)C3=O)cc2C1=O. The molecule has 2 heterocycles. The molecule has 0 atom stereocenters. The molecule has 0 unspecified atom stereocenters. The molecule has 30 heavy (non-hydrogen) atoms. The van der Waals surface area contributed by atoms with E-state index in [2.05, 4.69) is 10.7 Å². The summed E-state index contributed by atoms with van der Waals surface area (Å²) in [6.45, 7) is 2.29. The van der Waals surface area contributed by atoms with E-state index in [9.17, 15) is 24.0 Å². The van der Waals surface area contributed by atoms with Gasteiger partial charge >= 0.3 is 6.03 Å². The molecule has 9 nitrogen and oxygen atoms in total.